The van der Waals surface area contributed by atoms with Crippen molar-refractivity contribution in [1.82, 2.24) is 4.98 Å². The molecule has 2 rings (SSSR count). The standard InChI is InChI=1S/C13H8FN3O7/c14-4-1-2-6(17(23)24)5(3-4)7-8(12(19)20)10(15)16-11(18)9(7)13(21)22/h1-3H,(H,19,20)(H,21,22)(H3,15,16,18). The van der Waals surface area contributed by atoms with Gasteiger partial charge in [0.1, 0.15) is 22.8 Å². The molecule has 0 aliphatic rings. The van der Waals surface area contributed by atoms with E-state index in [0.29, 0.717) is 6.07 Å². The zero-order valence-corrected chi connectivity index (χ0v) is 11.6. The van der Waals surface area contributed by atoms with Gasteiger partial charge >= 0.3 is 11.9 Å². The van der Waals surface area contributed by atoms with Crippen LogP contribution in [0.3, 0.4) is 0 Å². The molecule has 1 aromatic heterocycles. The number of carboxylic acids is 2. The summed E-state index contributed by atoms with van der Waals surface area (Å²) >= 11 is 0. The number of hydrogen-bond donors (Lipinski definition) is 4. The van der Waals surface area contributed by atoms with Crippen LogP contribution in [0, 0.1) is 15.9 Å². The highest BCUT2D eigenvalue weighted by Crippen LogP contribution is 2.36. The Hall–Kier alpha value is -3.76. The fraction of sp³-hybridized carbons (Fsp3) is 0. The second-order valence-electron chi connectivity index (χ2n) is 4.52. The first kappa shape index (κ1) is 16.6. The van der Waals surface area contributed by atoms with E-state index in [4.69, 9.17) is 5.73 Å². The zero-order chi connectivity index (χ0) is 18.2. The average molecular weight is 337 g/mol. The van der Waals surface area contributed by atoms with Gasteiger partial charge < -0.3 is 20.9 Å². The lowest BCUT2D eigenvalue weighted by Gasteiger charge is -2.12. The number of hydrogen-bond acceptors (Lipinski definition) is 6. The second-order valence-corrected chi connectivity index (χ2v) is 4.52. The number of H-pyrrole nitrogens is 1. The molecule has 0 spiro atoms. The van der Waals surface area contributed by atoms with Gasteiger partial charge in [-0.1, -0.05) is 0 Å². The van der Waals surface area contributed by atoms with Gasteiger partial charge in [0.25, 0.3) is 11.2 Å². The van der Waals surface area contributed by atoms with Gasteiger partial charge in [-0.15, -0.1) is 0 Å². The molecule has 124 valence electrons. The van der Waals surface area contributed by atoms with Gasteiger partial charge in [-0.3, -0.25) is 14.9 Å². The number of rotatable bonds is 4. The van der Waals surface area contributed by atoms with Crippen molar-refractivity contribution in [3.63, 3.8) is 0 Å². The molecule has 10 nitrogen and oxygen atoms in total. The van der Waals surface area contributed by atoms with Crippen molar-refractivity contribution in [2.45, 2.75) is 0 Å². The summed E-state index contributed by atoms with van der Waals surface area (Å²) in [5, 5.41) is 29.5. The maximum Gasteiger partial charge on any atom is 0.342 e. The number of nitrogens with one attached hydrogen (secondary N) is 1. The van der Waals surface area contributed by atoms with Crippen LogP contribution in [0.25, 0.3) is 11.1 Å². The largest absolute Gasteiger partial charge is 0.478 e. The highest BCUT2D eigenvalue weighted by atomic mass is 19.1. The molecule has 0 atom stereocenters. The van der Waals surface area contributed by atoms with Crippen LogP contribution in [0.4, 0.5) is 15.9 Å². The number of nitrogens with two attached hydrogens (primary N) is 1. The topological polar surface area (TPSA) is 177 Å². The Morgan fingerprint density at radius 1 is 1.21 bits per heavy atom. The fourth-order valence-corrected chi connectivity index (χ4v) is 2.18. The van der Waals surface area contributed by atoms with Crippen molar-refractivity contribution >= 4 is 23.4 Å². The predicted octanol–water partition coefficient (Wildman–Crippen LogP) is 1.07. The number of nitro groups is 1. The maximum atomic E-state index is 13.5. The van der Waals surface area contributed by atoms with Crippen LogP contribution in [0.5, 0.6) is 0 Å². The second kappa shape index (κ2) is 5.79. The molecule has 0 saturated heterocycles. The molecular formula is C13H8FN3O7. The summed E-state index contributed by atoms with van der Waals surface area (Å²) in [4.78, 5) is 46.6. The van der Waals surface area contributed by atoms with Crippen molar-refractivity contribution < 1.29 is 29.1 Å². The van der Waals surface area contributed by atoms with Gasteiger partial charge in [0.05, 0.1) is 10.5 Å². The van der Waals surface area contributed by atoms with Crippen molar-refractivity contribution in [3.8, 4) is 11.1 Å². The van der Waals surface area contributed by atoms with Gasteiger partial charge in [0.15, 0.2) is 0 Å². The van der Waals surface area contributed by atoms with E-state index in [1.165, 1.54) is 0 Å². The number of nitrogens with zero attached hydrogens (tertiary/aromatic N) is 1. The number of benzene rings is 1. The molecule has 11 heteroatoms. The van der Waals surface area contributed by atoms with Crippen LogP contribution < -0.4 is 11.3 Å². The predicted molar refractivity (Wildman–Crippen MR) is 77.4 cm³/mol. The molecule has 0 unspecified atom stereocenters. The summed E-state index contributed by atoms with van der Waals surface area (Å²) in [6.07, 6.45) is 0. The third-order valence-corrected chi connectivity index (χ3v) is 3.10. The van der Waals surface area contributed by atoms with Crippen molar-refractivity contribution in [1.29, 1.82) is 0 Å². The van der Waals surface area contributed by atoms with E-state index in [-0.39, 0.29) is 0 Å². The Morgan fingerprint density at radius 3 is 2.29 bits per heavy atom. The molecule has 1 aromatic carbocycles. The number of carbonyl (C=O) groups is 2. The van der Waals surface area contributed by atoms with E-state index >= 15 is 0 Å². The van der Waals surface area contributed by atoms with Crippen molar-refractivity contribution in [3.05, 3.63) is 55.6 Å². The number of aromatic carboxylic acids is 2. The van der Waals surface area contributed by atoms with Gasteiger partial charge in [-0.2, -0.15) is 0 Å². The van der Waals surface area contributed by atoms with Crippen LogP contribution in [-0.2, 0) is 0 Å². The monoisotopic (exact) mass is 337 g/mol. The van der Waals surface area contributed by atoms with E-state index in [0.717, 1.165) is 12.1 Å². The first-order valence-electron chi connectivity index (χ1n) is 6.11. The van der Waals surface area contributed by atoms with Crippen LogP contribution in [0.1, 0.15) is 20.7 Å². The SMILES string of the molecule is Nc1[nH]c(=O)c(C(=O)O)c(-c2cc(F)ccc2[N+](=O)[O-])c1C(=O)O. The summed E-state index contributed by atoms with van der Waals surface area (Å²) in [7, 11) is 0. The molecule has 0 bridgehead atoms. The Kier molecular flexibility index (Phi) is 4.01. The first-order chi connectivity index (χ1) is 11.1. The third-order valence-electron chi connectivity index (χ3n) is 3.10. The Labute approximate surface area is 131 Å². The maximum absolute atomic E-state index is 13.5. The molecule has 0 radical (unpaired) electrons. The minimum absolute atomic E-state index is 0.561. The number of anilines is 1. The lowest BCUT2D eigenvalue weighted by atomic mass is 9.94. The third kappa shape index (κ3) is 2.65. The summed E-state index contributed by atoms with van der Waals surface area (Å²) in [5.74, 6) is -5.32. The quantitative estimate of drug-likeness (QED) is 0.472. The van der Waals surface area contributed by atoms with E-state index in [1.807, 2.05) is 4.98 Å². The number of pyridine rings is 1. The molecular weight excluding hydrogens is 329 g/mol. The van der Waals surface area contributed by atoms with E-state index in [2.05, 4.69) is 0 Å². The molecule has 0 saturated carbocycles. The minimum Gasteiger partial charge on any atom is -0.478 e. The summed E-state index contributed by atoms with van der Waals surface area (Å²) in [5.41, 5.74) is -0.186. The van der Waals surface area contributed by atoms with Crippen LogP contribution in [-0.4, -0.2) is 32.1 Å². The van der Waals surface area contributed by atoms with Gasteiger partial charge in [0.2, 0.25) is 0 Å². The first-order valence-corrected chi connectivity index (χ1v) is 6.11. The highest BCUT2D eigenvalue weighted by molar-refractivity contribution is 6.08. The molecule has 24 heavy (non-hydrogen) atoms. The number of nitrogen functional groups attached to an aromatic ring is 1. The van der Waals surface area contributed by atoms with E-state index < -0.39 is 62.0 Å². The number of aromatic nitrogens is 1. The van der Waals surface area contributed by atoms with E-state index in [9.17, 15) is 39.1 Å². The molecule has 0 aliphatic carbocycles. The van der Waals surface area contributed by atoms with Crippen molar-refractivity contribution in [2.24, 2.45) is 0 Å². The molecule has 5 N–H and O–H groups in total. The summed E-state index contributed by atoms with van der Waals surface area (Å²) in [6, 6.07) is 2.02. The van der Waals surface area contributed by atoms with Crippen LogP contribution in [0.2, 0.25) is 0 Å². The average Bonchev–Trinajstić information content (AvgIpc) is 2.44. The molecule has 0 amide bonds. The molecule has 0 aliphatic heterocycles. The lowest BCUT2D eigenvalue weighted by molar-refractivity contribution is -0.384. The molecule has 1 heterocycles. The Balaban J connectivity index is 3.11. The van der Waals surface area contributed by atoms with Crippen LogP contribution >= 0.6 is 0 Å². The molecule has 2 aromatic rings. The zero-order valence-electron chi connectivity index (χ0n) is 11.6. The Morgan fingerprint density at radius 2 is 1.79 bits per heavy atom. The highest BCUT2D eigenvalue weighted by Gasteiger charge is 2.30. The Bertz CT molecular complexity index is 951. The van der Waals surface area contributed by atoms with Crippen molar-refractivity contribution in [2.75, 3.05) is 5.73 Å². The number of aromatic amines is 1. The van der Waals surface area contributed by atoms with Gasteiger partial charge in [-0.05, 0) is 12.1 Å². The number of carboxylic acid groups (broad SMARTS) is 2. The fourth-order valence-electron chi connectivity index (χ4n) is 2.18. The van der Waals surface area contributed by atoms with Gasteiger partial charge in [-0.25, -0.2) is 14.0 Å². The normalized spacial score (nSPS) is 10.4. The van der Waals surface area contributed by atoms with E-state index in [1.54, 1.807) is 0 Å². The minimum atomic E-state index is -1.85. The summed E-state index contributed by atoms with van der Waals surface area (Å²) in [6.45, 7) is 0. The van der Waals surface area contributed by atoms with Gasteiger partial charge in [0, 0.05) is 11.6 Å². The number of nitro benzene ring substituents is 1. The number of halogens is 1. The van der Waals surface area contributed by atoms with Crippen LogP contribution in [0.15, 0.2) is 23.0 Å². The summed E-state index contributed by atoms with van der Waals surface area (Å²) < 4.78 is 13.5. The molecule has 0 fully saturated rings. The smallest absolute Gasteiger partial charge is 0.342 e. The lowest BCUT2D eigenvalue weighted by Crippen LogP contribution is -2.24.